The van der Waals surface area contributed by atoms with Crippen molar-refractivity contribution in [3.8, 4) is 0 Å². The summed E-state index contributed by atoms with van der Waals surface area (Å²) in [5.74, 6) is -2.09. The molecule has 0 aromatic rings. The Morgan fingerprint density at radius 1 is 1.33 bits per heavy atom. The summed E-state index contributed by atoms with van der Waals surface area (Å²) in [4.78, 5) is 37.7. The van der Waals surface area contributed by atoms with Crippen LogP contribution in [0.4, 0.5) is 0 Å². The minimum absolute atomic E-state index is 0.0784. The van der Waals surface area contributed by atoms with Gasteiger partial charge in [-0.15, -0.1) is 0 Å². The number of hydrogen-bond donors (Lipinski definition) is 2. The van der Waals surface area contributed by atoms with Crippen molar-refractivity contribution in [3.63, 3.8) is 0 Å². The maximum Gasteiger partial charge on any atom is 0.326 e. The third kappa shape index (κ3) is 6.60. The Kier molecular flexibility index (Phi) is 8.29. The highest BCUT2D eigenvalue weighted by molar-refractivity contribution is 6.25. The Balaban J connectivity index is 2.70. The smallest absolute Gasteiger partial charge is 0.326 e. The summed E-state index contributed by atoms with van der Waals surface area (Å²) < 4.78 is 5.71. The van der Waals surface area contributed by atoms with E-state index in [0.717, 1.165) is 25.7 Å². The lowest BCUT2D eigenvalue weighted by molar-refractivity contribution is -0.147. The van der Waals surface area contributed by atoms with Gasteiger partial charge in [0.05, 0.1) is 6.10 Å². The zero-order chi connectivity index (χ0) is 18.1. The number of carbonyl (C=O) groups is 3. The number of amides is 1. The topological polar surface area (TPSA) is 129 Å². The van der Waals surface area contributed by atoms with Crippen LogP contribution in [0, 0.1) is 5.92 Å². The van der Waals surface area contributed by atoms with Gasteiger partial charge in [0.2, 0.25) is 11.7 Å². The zero-order valence-electron chi connectivity index (χ0n) is 14.1. The molecule has 0 unspecified atom stereocenters. The maximum absolute atomic E-state index is 12.5. The van der Waals surface area contributed by atoms with Crippen LogP contribution in [-0.2, 0) is 19.1 Å². The fourth-order valence-corrected chi connectivity index (χ4v) is 2.87. The van der Waals surface area contributed by atoms with E-state index in [1.807, 2.05) is 13.8 Å². The third-order valence-corrected chi connectivity index (χ3v) is 4.00. The lowest BCUT2D eigenvalue weighted by Gasteiger charge is -2.26. The number of carbonyl (C=O) groups excluding carboxylic acids is 2. The molecule has 134 valence electrons. The van der Waals surface area contributed by atoms with Gasteiger partial charge >= 0.3 is 12.2 Å². The van der Waals surface area contributed by atoms with E-state index in [-0.39, 0.29) is 24.9 Å². The second-order valence-corrected chi connectivity index (χ2v) is 6.30. The second-order valence-electron chi connectivity index (χ2n) is 6.30. The number of carboxylic acid groups (broad SMARTS) is 1. The number of ether oxygens (including phenoxy) is 1. The summed E-state index contributed by atoms with van der Waals surface area (Å²) in [6, 6.07) is -1.19. The normalized spacial score (nSPS) is 17.1. The highest BCUT2D eigenvalue weighted by Gasteiger charge is 2.34. The van der Waals surface area contributed by atoms with Crippen LogP contribution in [0.15, 0.2) is 0 Å². The molecule has 0 heterocycles. The van der Waals surface area contributed by atoms with E-state index in [0.29, 0.717) is 6.21 Å². The van der Waals surface area contributed by atoms with E-state index >= 15 is 0 Å². The highest BCUT2D eigenvalue weighted by atomic mass is 16.5. The monoisotopic (exact) mass is 339 g/mol. The molecule has 1 aliphatic rings. The number of carboxylic acids is 1. The fraction of sp³-hybridized carbons (Fsp3) is 0.750. The molecule has 0 aromatic carbocycles. The van der Waals surface area contributed by atoms with Crippen LogP contribution in [0.1, 0.15) is 52.4 Å². The minimum Gasteiger partial charge on any atom is -0.480 e. The molecule has 8 heteroatoms. The Hall–Kier alpha value is -2.05. The quantitative estimate of drug-likeness (QED) is 0.351. The van der Waals surface area contributed by atoms with Crippen LogP contribution in [0.2, 0.25) is 0 Å². The summed E-state index contributed by atoms with van der Waals surface area (Å²) >= 11 is 0. The molecule has 0 saturated heterocycles. The van der Waals surface area contributed by atoms with Gasteiger partial charge in [-0.25, -0.2) is 4.79 Å². The third-order valence-electron chi connectivity index (χ3n) is 4.00. The number of nitrogens with one attached hydrogen (secondary N) is 1. The van der Waals surface area contributed by atoms with Crippen molar-refractivity contribution in [2.24, 2.45) is 5.92 Å². The first-order valence-corrected chi connectivity index (χ1v) is 8.24. The molecule has 1 saturated carbocycles. The van der Waals surface area contributed by atoms with Gasteiger partial charge in [0, 0.05) is 6.42 Å². The standard InChI is InChI=1S/C16H25N3O5/c1-10(2)24-14(11-5-3-4-6-11)15(21)19-13(16(22)23)8-7-12(20)9-18-17/h9-11,13-14H,3-8H2,1-2H3,(H,19,21)(H,22,23)/t13-,14-/m0/s1. The molecule has 0 bridgehead atoms. The van der Waals surface area contributed by atoms with E-state index in [9.17, 15) is 19.5 Å². The summed E-state index contributed by atoms with van der Waals surface area (Å²) in [6.45, 7) is 3.66. The van der Waals surface area contributed by atoms with Crippen LogP contribution < -0.4 is 5.32 Å². The summed E-state index contributed by atoms with van der Waals surface area (Å²) in [5.41, 5.74) is 8.28. The van der Waals surface area contributed by atoms with E-state index in [1.54, 1.807) is 0 Å². The summed E-state index contributed by atoms with van der Waals surface area (Å²) in [6.07, 6.45) is 3.51. The molecule has 1 aliphatic carbocycles. The van der Waals surface area contributed by atoms with Gasteiger partial charge in [-0.05, 0) is 39.0 Å². The van der Waals surface area contributed by atoms with E-state index in [4.69, 9.17) is 10.3 Å². The molecule has 1 rings (SSSR count). The van der Waals surface area contributed by atoms with E-state index in [2.05, 4.69) is 10.1 Å². The van der Waals surface area contributed by atoms with Crippen molar-refractivity contribution >= 4 is 23.9 Å². The average Bonchev–Trinajstić information content (AvgIpc) is 3.02. The van der Waals surface area contributed by atoms with Gasteiger partial charge in [-0.3, -0.25) is 9.59 Å². The number of Topliss-reactive ketones (excluding diaryl/α,β-unsaturated/α-hetero) is 1. The highest BCUT2D eigenvalue weighted by Crippen LogP contribution is 2.30. The lowest BCUT2D eigenvalue weighted by atomic mass is 9.99. The molecule has 0 spiro atoms. The van der Waals surface area contributed by atoms with Crippen molar-refractivity contribution in [1.82, 2.24) is 5.32 Å². The second kappa shape index (κ2) is 9.95. The van der Waals surface area contributed by atoms with Gasteiger partial charge in [-0.2, -0.15) is 4.79 Å². The largest absolute Gasteiger partial charge is 0.480 e. The first kappa shape index (κ1) is 20.0. The Labute approximate surface area is 141 Å². The maximum atomic E-state index is 12.5. The SMILES string of the molecule is CC(C)O[C@H](C(=O)N[C@@H](CCC(=O)C=[N+]=[N-])C(=O)O)C1CCCC1. The summed E-state index contributed by atoms with van der Waals surface area (Å²) in [5, 5.41) is 11.7. The van der Waals surface area contributed by atoms with Crippen molar-refractivity contribution < 1.29 is 29.0 Å². The van der Waals surface area contributed by atoms with Crippen LogP contribution in [-0.4, -0.2) is 52.0 Å². The zero-order valence-corrected chi connectivity index (χ0v) is 14.1. The fourth-order valence-electron chi connectivity index (χ4n) is 2.87. The predicted molar refractivity (Wildman–Crippen MR) is 85.5 cm³/mol. The van der Waals surface area contributed by atoms with Gasteiger partial charge in [0.25, 0.3) is 0 Å². The van der Waals surface area contributed by atoms with Crippen molar-refractivity contribution in [1.29, 1.82) is 0 Å². The van der Waals surface area contributed by atoms with Gasteiger partial charge in [0.1, 0.15) is 12.1 Å². The number of nitrogens with zero attached hydrogens (tertiary/aromatic N) is 2. The lowest BCUT2D eigenvalue weighted by Crippen LogP contribution is -2.49. The van der Waals surface area contributed by atoms with Crippen molar-refractivity contribution in [2.45, 2.75) is 70.6 Å². The molecule has 1 amide bonds. The molecule has 0 aliphatic heterocycles. The molecule has 2 atom stereocenters. The van der Waals surface area contributed by atoms with E-state index in [1.165, 1.54) is 0 Å². The number of rotatable bonds is 10. The van der Waals surface area contributed by atoms with Crippen LogP contribution in [0.25, 0.3) is 5.53 Å². The molecular formula is C16H25N3O5. The van der Waals surface area contributed by atoms with Gasteiger partial charge < -0.3 is 20.7 Å². The molecule has 1 fully saturated rings. The van der Waals surface area contributed by atoms with Crippen molar-refractivity contribution in [2.75, 3.05) is 0 Å². The molecule has 0 radical (unpaired) electrons. The van der Waals surface area contributed by atoms with Gasteiger partial charge in [-0.1, -0.05) is 12.8 Å². The van der Waals surface area contributed by atoms with Crippen LogP contribution in [0.5, 0.6) is 0 Å². The molecule has 8 nitrogen and oxygen atoms in total. The molecule has 2 N–H and O–H groups in total. The number of aliphatic carboxylic acids is 1. The van der Waals surface area contributed by atoms with Crippen molar-refractivity contribution in [3.05, 3.63) is 5.53 Å². The number of ketones is 1. The van der Waals surface area contributed by atoms with E-state index < -0.39 is 29.8 Å². The minimum atomic E-state index is -1.22. The van der Waals surface area contributed by atoms with Crippen LogP contribution >= 0.6 is 0 Å². The number of hydrogen-bond acceptors (Lipinski definition) is 4. The average molecular weight is 339 g/mol. The molecule has 24 heavy (non-hydrogen) atoms. The predicted octanol–water partition coefficient (Wildman–Crippen LogP) is 1.19. The first-order chi connectivity index (χ1) is 11.3. The van der Waals surface area contributed by atoms with Crippen LogP contribution in [0.3, 0.4) is 0 Å². The molecular weight excluding hydrogens is 314 g/mol. The Morgan fingerprint density at radius 2 is 1.96 bits per heavy atom. The first-order valence-electron chi connectivity index (χ1n) is 8.24. The van der Waals surface area contributed by atoms with Gasteiger partial charge in [0.15, 0.2) is 0 Å². The Morgan fingerprint density at radius 3 is 2.46 bits per heavy atom. The molecule has 0 aromatic heterocycles. The Bertz CT molecular complexity index is 508. The summed E-state index contributed by atoms with van der Waals surface area (Å²) in [7, 11) is 0.